The van der Waals surface area contributed by atoms with Gasteiger partial charge in [0.1, 0.15) is 11.9 Å². The highest BCUT2D eigenvalue weighted by molar-refractivity contribution is 5.76. The second kappa shape index (κ2) is 11.7. The van der Waals surface area contributed by atoms with Crippen LogP contribution in [-0.4, -0.2) is 59.9 Å². The summed E-state index contributed by atoms with van der Waals surface area (Å²) >= 11 is 0. The highest BCUT2D eigenvalue weighted by atomic mass is 19.1. The van der Waals surface area contributed by atoms with Gasteiger partial charge in [-0.25, -0.2) is 4.39 Å². The summed E-state index contributed by atoms with van der Waals surface area (Å²) < 4.78 is 26.5. The van der Waals surface area contributed by atoms with E-state index in [1.54, 1.807) is 6.07 Å². The van der Waals surface area contributed by atoms with E-state index in [0.717, 1.165) is 62.7 Å². The van der Waals surface area contributed by atoms with E-state index in [2.05, 4.69) is 31.3 Å². The maximum atomic E-state index is 14.3. The van der Waals surface area contributed by atoms with Crippen LogP contribution in [0.15, 0.2) is 30.3 Å². The number of nitrogens with zero attached hydrogens (tertiary/aromatic N) is 2. The van der Waals surface area contributed by atoms with Crippen LogP contribution in [0.1, 0.15) is 80.6 Å². The number of pyridine rings is 1. The Morgan fingerprint density at radius 3 is 2.97 bits per heavy atom. The van der Waals surface area contributed by atoms with Gasteiger partial charge in [0.2, 0.25) is 0 Å². The van der Waals surface area contributed by atoms with E-state index >= 15 is 0 Å². The second-order valence-electron chi connectivity index (χ2n) is 11.7. The summed E-state index contributed by atoms with van der Waals surface area (Å²) in [6.45, 7) is 7.64. The molecular weight excluding hydrogens is 485 g/mol. The molecule has 0 aliphatic carbocycles. The molecule has 2 fully saturated rings. The first-order valence-corrected chi connectivity index (χ1v) is 14.0. The lowest BCUT2D eigenvalue weighted by Crippen LogP contribution is -2.34. The molecule has 0 bridgehead atoms. The number of likely N-dealkylation sites (tertiary alicyclic amines) is 1. The van der Waals surface area contributed by atoms with Crippen LogP contribution in [0.2, 0.25) is 0 Å². The van der Waals surface area contributed by atoms with Crippen LogP contribution >= 0.6 is 0 Å². The number of aliphatic carboxylic acids is 1. The Hall–Kier alpha value is -2.55. The third-order valence-electron chi connectivity index (χ3n) is 8.00. The highest BCUT2D eigenvalue weighted by Gasteiger charge is 2.39. The SMILES string of the molecule is CC1(C)COC(c2ccc(F)cc2C(C(=O)O)N2CC[C@@H](OCCCCc3ccc4c(n3)CCCN4)C2)C1. The maximum Gasteiger partial charge on any atom is 0.325 e. The normalized spacial score (nSPS) is 23.7. The van der Waals surface area contributed by atoms with Gasteiger partial charge in [0.15, 0.2) is 0 Å². The van der Waals surface area contributed by atoms with Crippen LogP contribution < -0.4 is 5.32 Å². The summed E-state index contributed by atoms with van der Waals surface area (Å²) in [7, 11) is 0. The minimum Gasteiger partial charge on any atom is -0.480 e. The molecule has 2 N–H and O–H groups in total. The first kappa shape index (κ1) is 27.0. The number of aromatic nitrogens is 1. The molecule has 8 heteroatoms. The van der Waals surface area contributed by atoms with Crippen LogP contribution in [-0.2, 0) is 27.1 Å². The molecule has 3 aliphatic rings. The van der Waals surface area contributed by atoms with Crippen molar-refractivity contribution in [2.45, 2.75) is 77.0 Å². The van der Waals surface area contributed by atoms with E-state index in [1.165, 1.54) is 23.5 Å². The van der Waals surface area contributed by atoms with Gasteiger partial charge in [-0.2, -0.15) is 0 Å². The second-order valence-corrected chi connectivity index (χ2v) is 11.7. The number of halogens is 1. The van der Waals surface area contributed by atoms with Crippen molar-refractivity contribution in [2.75, 3.05) is 38.2 Å². The Bertz CT molecular complexity index is 1140. The van der Waals surface area contributed by atoms with Crippen molar-refractivity contribution < 1.29 is 23.8 Å². The molecule has 2 aromatic rings. The van der Waals surface area contributed by atoms with Crippen molar-refractivity contribution >= 4 is 11.7 Å². The van der Waals surface area contributed by atoms with Gasteiger partial charge in [-0.3, -0.25) is 14.7 Å². The highest BCUT2D eigenvalue weighted by Crippen LogP contribution is 2.43. The third kappa shape index (κ3) is 6.35. The third-order valence-corrected chi connectivity index (χ3v) is 8.00. The molecule has 0 radical (unpaired) electrons. The largest absolute Gasteiger partial charge is 0.480 e. The lowest BCUT2D eigenvalue weighted by molar-refractivity contribution is -0.143. The molecule has 2 saturated heterocycles. The van der Waals surface area contributed by atoms with Gasteiger partial charge in [0.05, 0.1) is 30.2 Å². The van der Waals surface area contributed by atoms with Gasteiger partial charge in [0, 0.05) is 31.9 Å². The minimum absolute atomic E-state index is 0.00873. The van der Waals surface area contributed by atoms with E-state index in [4.69, 9.17) is 14.5 Å². The molecular formula is C30H40FN3O4. The molecule has 3 atom stereocenters. The van der Waals surface area contributed by atoms with Gasteiger partial charge < -0.3 is 19.9 Å². The number of fused-ring (bicyclic) bond motifs is 1. The Morgan fingerprint density at radius 1 is 1.32 bits per heavy atom. The molecule has 5 rings (SSSR count). The lowest BCUT2D eigenvalue weighted by atomic mass is 9.86. The van der Waals surface area contributed by atoms with Gasteiger partial charge in [-0.15, -0.1) is 0 Å². The van der Waals surface area contributed by atoms with Crippen molar-refractivity contribution in [3.8, 4) is 0 Å². The van der Waals surface area contributed by atoms with Crippen LogP contribution in [0, 0.1) is 11.2 Å². The molecule has 206 valence electrons. The number of carbonyl (C=O) groups is 1. The molecule has 1 aromatic heterocycles. The summed E-state index contributed by atoms with van der Waals surface area (Å²) in [4.78, 5) is 19.2. The number of carboxylic acid groups (broad SMARTS) is 1. The zero-order valence-corrected chi connectivity index (χ0v) is 22.5. The fourth-order valence-corrected chi connectivity index (χ4v) is 6.01. The standard InChI is InChI=1S/C30H40FN3O4/c1-30(2)17-27(38-19-30)23-10-8-20(31)16-24(23)28(29(35)36)34-14-12-22(18-34)37-15-4-3-6-21-9-11-25-26(33-21)7-5-13-32-25/h8-11,16,22,27-28,32H,3-7,12-15,17-19H2,1-2H3,(H,35,36)/t22-,27?,28?/m1/s1. The maximum absolute atomic E-state index is 14.3. The van der Waals surface area contributed by atoms with Crippen molar-refractivity contribution in [3.63, 3.8) is 0 Å². The van der Waals surface area contributed by atoms with E-state index < -0.39 is 17.8 Å². The molecule has 0 saturated carbocycles. The number of nitrogens with one attached hydrogen (secondary N) is 1. The van der Waals surface area contributed by atoms with Crippen molar-refractivity contribution in [3.05, 3.63) is 58.7 Å². The average molecular weight is 526 g/mol. The smallest absolute Gasteiger partial charge is 0.325 e. The topological polar surface area (TPSA) is 83.9 Å². The number of carboxylic acids is 1. The first-order chi connectivity index (χ1) is 18.3. The van der Waals surface area contributed by atoms with Crippen molar-refractivity contribution in [2.24, 2.45) is 5.41 Å². The van der Waals surface area contributed by atoms with E-state index in [9.17, 15) is 14.3 Å². The zero-order chi connectivity index (χ0) is 26.7. The summed E-state index contributed by atoms with van der Waals surface area (Å²) in [5, 5.41) is 13.6. The van der Waals surface area contributed by atoms with E-state index in [-0.39, 0.29) is 17.6 Å². The van der Waals surface area contributed by atoms with Crippen LogP contribution in [0.25, 0.3) is 0 Å². The van der Waals surface area contributed by atoms with Gasteiger partial charge in [-0.1, -0.05) is 19.9 Å². The number of anilines is 1. The number of hydrogen-bond acceptors (Lipinski definition) is 6. The van der Waals surface area contributed by atoms with Crippen molar-refractivity contribution in [1.82, 2.24) is 9.88 Å². The van der Waals surface area contributed by atoms with Crippen molar-refractivity contribution in [1.29, 1.82) is 0 Å². The predicted octanol–water partition coefficient (Wildman–Crippen LogP) is 5.31. The molecule has 7 nitrogen and oxygen atoms in total. The summed E-state index contributed by atoms with van der Waals surface area (Å²) in [5.74, 6) is -1.40. The molecule has 38 heavy (non-hydrogen) atoms. The van der Waals surface area contributed by atoms with Crippen LogP contribution in [0.3, 0.4) is 0 Å². The average Bonchev–Trinajstić information content (AvgIpc) is 3.49. The summed E-state index contributed by atoms with van der Waals surface area (Å²) in [5.41, 5.74) is 4.75. The number of ether oxygens (including phenoxy) is 2. The van der Waals surface area contributed by atoms with E-state index in [0.29, 0.717) is 31.9 Å². The fraction of sp³-hybridized carbons (Fsp3) is 0.600. The molecule has 0 spiro atoms. The number of unbranched alkanes of at least 4 members (excludes halogenated alkanes) is 1. The number of hydrogen-bond donors (Lipinski definition) is 2. The summed E-state index contributed by atoms with van der Waals surface area (Å²) in [6.07, 6.45) is 6.32. The number of aryl methyl sites for hydroxylation is 2. The molecule has 4 heterocycles. The predicted molar refractivity (Wildman–Crippen MR) is 144 cm³/mol. The Labute approximate surface area is 224 Å². The Morgan fingerprint density at radius 2 is 2.18 bits per heavy atom. The molecule has 1 aromatic carbocycles. The first-order valence-electron chi connectivity index (χ1n) is 14.0. The number of rotatable bonds is 10. The van der Waals surface area contributed by atoms with E-state index in [1.807, 2.05) is 4.90 Å². The Kier molecular flexibility index (Phi) is 8.31. The molecule has 2 unspecified atom stereocenters. The Balaban J connectivity index is 1.14. The van der Waals surface area contributed by atoms with Crippen LogP contribution in [0.4, 0.5) is 10.1 Å². The summed E-state index contributed by atoms with van der Waals surface area (Å²) in [6, 6.07) is 7.80. The fourth-order valence-electron chi connectivity index (χ4n) is 6.01. The van der Waals surface area contributed by atoms with Gasteiger partial charge >= 0.3 is 5.97 Å². The molecule has 0 amide bonds. The lowest BCUT2D eigenvalue weighted by Gasteiger charge is -2.28. The molecule has 3 aliphatic heterocycles. The van der Waals surface area contributed by atoms with Gasteiger partial charge in [0.25, 0.3) is 0 Å². The van der Waals surface area contributed by atoms with Gasteiger partial charge in [-0.05, 0) is 85.8 Å². The quantitative estimate of drug-likeness (QED) is 0.407. The monoisotopic (exact) mass is 525 g/mol. The van der Waals surface area contributed by atoms with Crippen LogP contribution in [0.5, 0.6) is 0 Å². The number of benzene rings is 1. The minimum atomic E-state index is -0.970. The zero-order valence-electron chi connectivity index (χ0n) is 22.5.